The number of hydrogen-bond acceptors (Lipinski definition) is 14. The summed E-state index contributed by atoms with van der Waals surface area (Å²) in [5.41, 5.74) is 1.10. The van der Waals surface area contributed by atoms with Gasteiger partial charge >= 0.3 is 0 Å². The van der Waals surface area contributed by atoms with E-state index in [0.29, 0.717) is 22.9 Å². The highest BCUT2D eigenvalue weighted by Crippen LogP contribution is 2.29. The van der Waals surface area contributed by atoms with Crippen LogP contribution in [0.1, 0.15) is 82.8 Å². The van der Waals surface area contributed by atoms with Gasteiger partial charge in [-0.2, -0.15) is 0 Å². The lowest BCUT2D eigenvalue weighted by Crippen LogP contribution is -2.58. The van der Waals surface area contributed by atoms with Gasteiger partial charge in [-0.05, 0) is 38.2 Å². The van der Waals surface area contributed by atoms with Crippen molar-refractivity contribution in [2.24, 2.45) is 10.9 Å². The smallest absolute Gasteiger partial charge is 0.271 e. The SMILES string of the molecule is CC(C)C[C@H]1NC(=O)[C@H]([C@H](C)O)NC(=O)[C@H]2CSSC[C@@H](NC(=O)c3csc1n3)C1=N[C@H](C(=O)N[C@H](Cc3ccccc3)c3nc(cs3)C(=O)N2)[C@@H](C)O1. The molecule has 3 aliphatic heterocycles. The molecule has 288 valence electrons. The fraction of sp³-hybridized carbons (Fsp3) is 0.486. The largest absolute Gasteiger partial charge is 0.474 e. The predicted octanol–water partition coefficient (Wildman–Crippen LogP) is 2.56. The van der Waals surface area contributed by atoms with Crippen LogP contribution in [0.2, 0.25) is 0 Å². The summed E-state index contributed by atoms with van der Waals surface area (Å²) in [6, 6.07) is 4.00. The third kappa shape index (κ3) is 9.60. The molecule has 0 fully saturated rings. The fourth-order valence-electron chi connectivity index (χ4n) is 6.05. The number of carbonyl (C=O) groups is 5. The first-order valence-electron chi connectivity index (χ1n) is 17.5. The number of nitrogens with one attached hydrogen (secondary N) is 5. The lowest BCUT2D eigenvalue weighted by Gasteiger charge is -2.27. The van der Waals surface area contributed by atoms with E-state index in [1.54, 1.807) is 17.7 Å². The van der Waals surface area contributed by atoms with Gasteiger partial charge < -0.3 is 36.4 Å². The number of rotatable bonds is 5. The molecule has 5 heterocycles. The van der Waals surface area contributed by atoms with Gasteiger partial charge in [-0.1, -0.05) is 65.8 Å². The van der Waals surface area contributed by atoms with Crippen molar-refractivity contribution in [1.29, 1.82) is 0 Å². The van der Waals surface area contributed by atoms with Crippen molar-refractivity contribution in [3.8, 4) is 0 Å². The number of ether oxygens (including phenoxy) is 1. The van der Waals surface area contributed by atoms with Crippen LogP contribution in [-0.2, 0) is 25.5 Å². The Morgan fingerprint density at radius 2 is 1.37 bits per heavy atom. The van der Waals surface area contributed by atoms with Crippen LogP contribution in [0.25, 0.3) is 0 Å². The van der Waals surface area contributed by atoms with Gasteiger partial charge in [-0.25, -0.2) is 15.0 Å². The predicted molar refractivity (Wildman–Crippen MR) is 208 cm³/mol. The first kappa shape index (κ1) is 39.6. The zero-order valence-corrected chi connectivity index (χ0v) is 33.2. The number of amides is 5. The molecule has 0 aliphatic carbocycles. The molecule has 8 bridgehead atoms. The van der Waals surface area contributed by atoms with Crippen molar-refractivity contribution >= 4 is 79.7 Å². The second kappa shape index (κ2) is 17.6. The standard InChI is InChI=1S/C35H42N8O7S4/c1-16(2)10-20-34-40-23(13-51-34)29(46)39-25-15-54-53-14-24(30(47)42-26(17(3)44)31(48)36-20)38-28(45)22-12-52-35(41-22)21(11-19-8-6-5-7-9-19)37-32(49)27-18(4)50-33(25)43-27/h5-9,12-13,16-18,20-21,24-27,44H,10-11,14-15H2,1-4H3,(H,36,48)(H,37,49)(H,38,45)(H,39,46)(H,42,47)/t17-,18+,20+,21+,24+,25+,26-,27-/m0/s1. The number of aromatic nitrogens is 2. The van der Waals surface area contributed by atoms with Crippen LogP contribution in [0.4, 0.5) is 0 Å². The number of nitrogens with zero attached hydrogens (tertiary/aromatic N) is 3. The molecule has 3 aliphatic rings. The molecular weight excluding hydrogens is 773 g/mol. The molecule has 54 heavy (non-hydrogen) atoms. The van der Waals surface area contributed by atoms with Crippen LogP contribution in [0.3, 0.4) is 0 Å². The molecule has 5 amide bonds. The molecule has 0 saturated heterocycles. The van der Waals surface area contributed by atoms with Gasteiger partial charge in [0.2, 0.25) is 23.6 Å². The monoisotopic (exact) mass is 814 g/mol. The summed E-state index contributed by atoms with van der Waals surface area (Å²) < 4.78 is 6.15. The molecule has 3 aromatic rings. The third-order valence-electron chi connectivity index (χ3n) is 8.85. The Balaban J connectivity index is 1.41. The van der Waals surface area contributed by atoms with E-state index in [4.69, 9.17) is 4.74 Å². The minimum absolute atomic E-state index is 0.0438. The molecule has 0 unspecified atom stereocenters. The molecular formula is C35H42N8O7S4. The third-order valence-corrected chi connectivity index (χ3v) is 13.2. The minimum atomic E-state index is -1.37. The van der Waals surface area contributed by atoms with Gasteiger partial charge in [0.05, 0.1) is 18.2 Å². The van der Waals surface area contributed by atoms with Gasteiger partial charge in [0.15, 0.2) is 6.04 Å². The molecule has 1 aromatic carbocycles. The summed E-state index contributed by atoms with van der Waals surface area (Å²) >= 11 is 2.39. The van der Waals surface area contributed by atoms with Crippen LogP contribution < -0.4 is 26.6 Å². The zero-order chi connectivity index (χ0) is 38.5. The molecule has 0 saturated carbocycles. The maximum Gasteiger partial charge on any atom is 0.271 e. The lowest BCUT2D eigenvalue weighted by molar-refractivity contribution is -0.132. The zero-order valence-electron chi connectivity index (χ0n) is 29.9. The second-order valence-electron chi connectivity index (χ2n) is 13.7. The Labute approximate surface area is 328 Å². The van der Waals surface area contributed by atoms with E-state index < -0.39 is 78.0 Å². The number of aliphatic hydroxyl groups excluding tert-OH is 1. The van der Waals surface area contributed by atoms with Crippen molar-refractivity contribution in [3.05, 3.63) is 68.1 Å². The van der Waals surface area contributed by atoms with Crippen LogP contribution in [0.5, 0.6) is 0 Å². The Morgan fingerprint density at radius 3 is 2.00 bits per heavy atom. The quantitative estimate of drug-likeness (QED) is 0.206. The number of hydrogen-bond donors (Lipinski definition) is 6. The first-order chi connectivity index (χ1) is 25.9. The van der Waals surface area contributed by atoms with Crippen molar-refractivity contribution in [3.63, 3.8) is 0 Å². The minimum Gasteiger partial charge on any atom is -0.474 e. The summed E-state index contributed by atoms with van der Waals surface area (Å²) in [4.78, 5) is 82.7. The van der Waals surface area contributed by atoms with E-state index in [1.165, 1.54) is 51.2 Å². The molecule has 6 rings (SSSR count). The van der Waals surface area contributed by atoms with Crippen LogP contribution in [-0.4, -0.2) is 98.4 Å². The van der Waals surface area contributed by atoms with Gasteiger partial charge in [0.25, 0.3) is 11.8 Å². The van der Waals surface area contributed by atoms with Gasteiger partial charge in [0.1, 0.15) is 45.6 Å². The molecule has 8 atom stereocenters. The van der Waals surface area contributed by atoms with Crippen molar-refractivity contribution in [1.82, 2.24) is 36.6 Å². The summed E-state index contributed by atoms with van der Waals surface area (Å²) in [7, 11) is 2.53. The number of aliphatic imine (C=N–C) groups is 1. The van der Waals surface area contributed by atoms with Crippen LogP contribution in [0.15, 0.2) is 46.1 Å². The van der Waals surface area contributed by atoms with Crippen LogP contribution >= 0.6 is 44.3 Å². The summed E-state index contributed by atoms with van der Waals surface area (Å²) in [6.45, 7) is 7.07. The van der Waals surface area contributed by atoms with Crippen molar-refractivity contribution in [2.75, 3.05) is 11.5 Å². The summed E-state index contributed by atoms with van der Waals surface area (Å²) in [5, 5.41) is 29.1. The molecule has 6 N–H and O–H groups in total. The highest BCUT2D eigenvalue weighted by atomic mass is 33.1. The first-order valence-corrected chi connectivity index (χ1v) is 21.8. The van der Waals surface area contributed by atoms with Crippen LogP contribution in [0, 0.1) is 5.92 Å². The maximum absolute atomic E-state index is 13.9. The Kier molecular flexibility index (Phi) is 12.9. The molecule has 0 radical (unpaired) electrons. The van der Waals surface area contributed by atoms with Gasteiger partial charge in [-0.3, -0.25) is 24.0 Å². The van der Waals surface area contributed by atoms with Gasteiger partial charge in [-0.15, -0.1) is 22.7 Å². The summed E-state index contributed by atoms with van der Waals surface area (Å²) in [5.74, 6) is -2.33. The Morgan fingerprint density at radius 1 is 0.778 bits per heavy atom. The molecule has 19 heteroatoms. The normalized spacial score (nSPS) is 27.6. The molecule has 0 spiro atoms. The average Bonchev–Trinajstić information content (AvgIpc) is 3.90. The van der Waals surface area contributed by atoms with E-state index in [9.17, 15) is 29.1 Å². The highest BCUT2D eigenvalue weighted by molar-refractivity contribution is 8.76. The van der Waals surface area contributed by atoms with E-state index >= 15 is 0 Å². The highest BCUT2D eigenvalue weighted by Gasteiger charge is 2.39. The molecule has 2 aromatic heterocycles. The van der Waals surface area contributed by atoms with Crippen molar-refractivity contribution in [2.45, 2.75) is 89.0 Å². The average molecular weight is 815 g/mol. The Bertz CT molecular complexity index is 1890. The lowest BCUT2D eigenvalue weighted by atomic mass is 10.0. The number of fused-ring (bicyclic) bond motifs is 11. The van der Waals surface area contributed by atoms with E-state index in [-0.39, 0.29) is 34.7 Å². The van der Waals surface area contributed by atoms with Crippen molar-refractivity contribution < 1.29 is 33.8 Å². The molecule has 15 nitrogen and oxygen atoms in total. The van der Waals surface area contributed by atoms with E-state index in [2.05, 4.69) is 41.5 Å². The van der Waals surface area contributed by atoms with Gasteiger partial charge in [0, 0.05) is 22.3 Å². The number of carbonyl (C=O) groups excluding carboxylic acids is 5. The number of thiazole rings is 2. The fourth-order valence-corrected chi connectivity index (χ4v) is 10.1. The number of aliphatic hydroxyl groups is 1. The Hall–Kier alpha value is -4.04. The maximum atomic E-state index is 13.9. The summed E-state index contributed by atoms with van der Waals surface area (Å²) in [6.07, 6.45) is -1.12. The topological polar surface area (TPSA) is 213 Å². The number of benzene rings is 1. The second-order valence-corrected chi connectivity index (χ2v) is 18.0. The van der Waals surface area contributed by atoms with E-state index in [0.717, 1.165) is 5.56 Å². The van der Waals surface area contributed by atoms with E-state index in [1.807, 2.05) is 44.2 Å².